The molecular weight excluding hydrogens is 224 g/mol. The van der Waals surface area contributed by atoms with E-state index >= 15 is 0 Å². The van der Waals surface area contributed by atoms with Crippen LogP contribution in [0.4, 0.5) is 4.79 Å². The van der Waals surface area contributed by atoms with Crippen LogP contribution in [0.25, 0.3) is 0 Å². The number of benzene rings is 1. The van der Waals surface area contributed by atoms with E-state index in [0.717, 1.165) is 4.90 Å². The number of hydrogen-bond acceptors (Lipinski definition) is 3. The van der Waals surface area contributed by atoms with Gasteiger partial charge < -0.3 is 10.4 Å². The fourth-order valence-electron chi connectivity index (χ4n) is 1.73. The standard InChI is InChI=1S/C11H10N2O4/c14-8-6-12-11(17)13(8)9(10(15)16)7-4-2-1-3-5-7/h1-5,9H,6H2,(H,12,17)(H,15,16). The van der Waals surface area contributed by atoms with Crippen LogP contribution in [0.15, 0.2) is 30.3 Å². The van der Waals surface area contributed by atoms with E-state index in [1.54, 1.807) is 30.3 Å². The fourth-order valence-corrected chi connectivity index (χ4v) is 1.73. The van der Waals surface area contributed by atoms with Gasteiger partial charge in [0.2, 0.25) is 0 Å². The molecule has 1 aromatic rings. The average Bonchev–Trinajstić information content (AvgIpc) is 2.62. The predicted octanol–water partition coefficient (Wildman–Crippen LogP) is 0.364. The summed E-state index contributed by atoms with van der Waals surface area (Å²) in [5, 5.41) is 11.4. The maximum Gasteiger partial charge on any atom is 0.331 e. The Labute approximate surface area is 96.8 Å². The van der Waals surface area contributed by atoms with Gasteiger partial charge in [-0.15, -0.1) is 0 Å². The number of carbonyl (C=O) groups excluding carboxylic acids is 2. The molecule has 1 aliphatic heterocycles. The summed E-state index contributed by atoms with van der Waals surface area (Å²) in [7, 11) is 0. The van der Waals surface area contributed by atoms with Crippen LogP contribution in [-0.2, 0) is 9.59 Å². The number of amides is 3. The van der Waals surface area contributed by atoms with Gasteiger partial charge in [0.15, 0.2) is 6.04 Å². The molecular formula is C11H10N2O4. The molecule has 3 amide bonds. The fraction of sp³-hybridized carbons (Fsp3) is 0.182. The highest BCUT2D eigenvalue weighted by atomic mass is 16.4. The summed E-state index contributed by atoms with van der Waals surface area (Å²) in [5.74, 6) is -1.77. The molecule has 1 aromatic carbocycles. The molecule has 1 aliphatic rings. The van der Waals surface area contributed by atoms with Gasteiger partial charge in [0.05, 0.1) is 6.54 Å². The van der Waals surface area contributed by atoms with Gasteiger partial charge in [0.25, 0.3) is 5.91 Å². The van der Waals surface area contributed by atoms with Crippen LogP contribution in [0, 0.1) is 0 Å². The summed E-state index contributed by atoms with van der Waals surface area (Å²) in [4.78, 5) is 34.9. The number of carbonyl (C=O) groups is 3. The molecule has 17 heavy (non-hydrogen) atoms. The summed E-state index contributed by atoms with van der Waals surface area (Å²) in [6.45, 7) is -0.157. The Balaban J connectivity index is 2.40. The second-order valence-electron chi connectivity index (χ2n) is 3.57. The van der Waals surface area contributed by atoms with Gasteiger partial charge in [0, 0.05) is 0 Å². The summed E-state index contributed by atoms with van der Waals surface area (Å²) in [6, 6.07) is 6.23. The van der Waals surface area contributed by atoms with Crippen LogP contribution >= 0.6 is 0 Å². The smallest absolute Gasteiger partial charge is 0.331 e. The SMILES string of the molecule is O=C(O)C(c1ccccc1)N1C(=O)CNC1=O. The Morgan fingerprint density at radius 3 is 2.41 bits per heavy atom. The Hall–Kier alpha value is -2.37. The monoisotopic (exact) mass is 234 g/mol. The minimum atomic E-state index is -1.27. The lowest BCUT2D eigenvalue weighted by atomic mass is 10.1. The van der Waals surface area contributed by atoms with Crippen molar-refractivity contribution < 1.29 is 19.5 Å². The molecule has 0 radical (unpaired) electrons. The summed E-state index contributed by atoms with van der Waals surface area (Å²) < 4.78 is 0. The number of urea groups is 1. The van der Waals surface area contributed by atoms with E-state index in [4.69, 9.17) is 5.11 Å². The molecule has 6 nitrogen and oxygen atoms in total. The van der Waals surface area contributed by atoms with E-state index in [0.29, 0.717) is 5.56 Å². The number of nitrogens with zero attached hydrogens (tertiary/aromatic N) is 1. The molecule has 1 atom stereocenters. The van der Waals surface area contributed by atoms with Crippen molar-refractivity contribution >= 4 is 17.9 Å². The summed E-state index contributed by atoms with van der Waals surface area (Å²) in [6.07, 6.45) is 0. The number of hydrogen-bond donors (Lipinski definition) is 2. The number of rotatable bonds is 3. The number of aliphatic carboxylic acids is 1. The van der Waals surface area contributed by atoms with Crippen molar-refractivity contribution in [2.24, 2.45) is 0 Å². The van der Waals surface area contributed by atoms with Crippen LogP contribution in [0.2, 0.25) is 0 Å². The third-order valence-corrected chi connectivity index (χ3v) is 2.49. The Kier molecular flexibility index (Phi) is 2.78. The zero-order chi connectivity index (χ0) is 12.4. The van der Waals surface area contributed by atoms with Crippen molar-refractivity contribution in [1.29, 1.82) is 0 Å². The van der Waals surface area contributed by atoms with Crippen molar-refractivity contribution in [3.05, 3.63) is 35.9 Å². The molecule has 2 N–H and O–H groups in total. The molecule has 1 heterocycles. The lowest BCUT2D eigenvalue weighted by Gasteiger charge is -2.21. The van der Waals surface area contributed by atoms with Crippen LogP contribution in [-0.4, -0.2) is 34.5 Å². The number of carboxylic acid groups (broad SMARTS) is 1. The predicted molar refractivity (Wildman–Crippen MR) is 57.1 cm³/mol. The van der Waals surface area contributed by atoms with Gasteiger partial charge in [-0.3, -0.25) is 4.79 Å². The van der Waals surface area contributed by atoms with Gasteiger partial charge in [-0.2, -0.15) is 0 Å². The molecule has 6 heteroatoms. The van der Waals surface area contributed by atoms with E-state index in [2.05, 4.69) is 5.32 Å². The van der Waals surface area contributed by atoms with Crippen molar-refractivity contribution in [3.63, 3.8) is 0 Å². The lowest BCUT2D eigenvalue weighted by Crippen LogP contribution is -2.39. The molecule has 2 rings (SSSR count). The quantitative estimate of drug-likeness (QED) is 0.739. The van der Waals surface area contributed by atoms with Gasteiger partial charge >= 0.3 is 12.0 Å². The minimum absolute atomic E-state index is 0.157. The first kappa shape index (κ1) is 11.1. The summed E-state index contributed by atoms with van der Waals surface area (Å²) >= 11 is 0. The maximum absolute atomic E-state index is 11.5. The van der Waals surface area contributed by atoms with E-state index in [-0.39, 0.29) is 6.54 Å². The Bertz CT molecular complexity index is 456. The minimum Gasteiger partial charge on any atom is -0.479 e. The van der Waals surface area contributed by atoms with E-state index in [1.807, 2.05) is 0 Å². The first-order valence-electron chi connectivity index (χ1n) is 4.99. The van der Waals surface area contributed by atoms with Crippen LogP contribution < -0.4 is 5.32 Å². The van der Waals surface area contributed by atoms with Gasteiger partial charge in [0.1, 0.15) is 0 Å². The average molecular weight is 234 g/mol. The first-order valence-corrected chi connectivity index (χ1v) is 4.99. The van der Waals surface area contributed by atoms with E-state index in [1.165, 1.54) is 0 Å². The van der Waals surface area contributed by atoms with Crippen molar-refractivity contribution in [1.82, 2.24) is 10.2 Å². The molecule has 1 unspecified atom stereocenters. The van der Waals surface area contributed by atoms with Crippen molar-refractivity contribution in [2.45, 2.75) is 6.04 Å². The largest absolute Gasteiger partial charge is 0.479 e. The zero-order valence-corrected chi connectivity index (χ0v) is 8.79. The van der Waals surface area contributed by atoms with Crippen LogP contribution in [0.5, 0.6) is 0 Å². The highest BCUT2D eigenvalue weighted by Crippen LogP contribution is 2.23. The lowest BCUT2D eigenvalue weighted by molar-refractivity contribution is -0.146. The number of carboxylic acids is 1. The zero-order valence-electron chi connectivity index (χ0n) is 8.79. The number of imide groups is 1. The molecule has 1 saturated heterocycles. The third-order valence-electron chi connectivity index (χ3n) is 2.49. The third kappa shape index (κ3) is 1.96. The number of nitrogens with one attached hydrogen (secondary N) is 1. The Morgan fingerprint density at radius 1 is 1.29 bits per heavy atom. The van der Waals surface area contributed by atoms with E-state index in [9.17, 15) is 14.4 Å². The second kappa shape index (κ2) is 4.25. The molecule has 0 aromatic heterocycles. The maximum atomic E-state index is 11.5. The van der Waals surface area contributed by atoms with Gasteiger partial charge in [-0.05, 0) is 5.56 Å². The van der Waals surface area contributed by atoms with Crippen LogP contribution in [0.1, 0.15) is 11.6 Å². The topological polar surface area (TPSA) is 86.7 Å². The molecule has 0 saturated carbocycles. The van der Waals surface area contributed by atoms with Crippen molar-refractivity contribution in [2.75, 3.05) is 6.54 Å². The first-order chi connectivity index (χ1) is 8.11. The molecule has 0 aliphatic carbocycles. The second-order valence-corrected chi connectivity index (χ2v) is 3.57. The van der Waals surface area contributed by atoms with E-state index < -0.39 is 23.9 Å². The molecule has 0 spiro atoms. The Morgan fingerprint density at radius 2 is 1.94 bits per heavy atom. The van der Waals surface area contributed by atoms with Gasteiger partial charge in [-0.1, -0.05) is 30.3 Å². The molecule has 88 valence electrons. The van der Waals surface area contributed by atoms with Gasteiger partial charge in [-0.25, -0.2) is 14.5 Å². The highest BCUT2D eigenvalue weighted by Gasteiger charge is 2.39. The van der Waals surface area contributed by atoms with Crippen LogP contribution in [0.3, 0.4) is 0 Å². The normalized spacial score (nSPS) is 16.8. The highest BCUT2D eigenvalue weighted by molar-refractivity contribution is 6.05. The molecule has 1 fully saturated rings. The molecule has 0 bridgehead atoms. The summed E-state index contributed by atoms with van der Waals surface area (Å²) in [5.41, 5.74) is 0.394. The van der Waals surface area contributed by atoms with Crippen molar-refractivity contribution in [3.8, 4) is 0 Å².